The third-order valence-corrected chi connectivity index (χ3v) is 6.17. The van der Waals surface area contributed by atoms with Crippen LogP contribution >= 0.6 is 0 Å². The fourth-order valence-corrected chi connectivity index (χ4v) is 3.84. The van der Waals surface area contributed by atoms with Gasteiger partial charge in [-0.05, 0) is 42.7 Å². The van der Waals surface area contributed by atoms with Gasteiger partial charge in [0.15, 0.2) is 0 Å². The number of hydrogen-bond donors (Lipinski definition) is 0. The van der Waals surface area contributed by atoms with Crippen molar-refractivity contribution in [2.75, 3.05) is 6.54 Å². The van der Waals surface area contributed by atoms with Gasteiger partial charge in [-0.25, -0.2) is 0 Å². The van der Waals surface area contributed by atoms with Gasteiger partial charge in [-0.15, -0.1) is 0 Å². The van der Waals surface area contributed by atoms with Crippen LogP contribution in [0.25, 0.3) is 0 Å². The van der Waals surface area contributed by atoms with E-state index in [0.717, 1.165) is 6.54 Å². The lowest BCUT2D eigenvalue weighted by Crippen LogP contribution is -2.50. The van der Waals surface area contributed by atoms with E-state index < -0.39 is 0 Å². The molecule has 0 aliphatic carbocycles. The maximum Gasteiger partial charge on any atom is 0.0242 e. The quantitative estimate of drug-likeness (QED) is 0.674. The van der Waals surface area contributed by atoms with E-state index in [9.17, 15) is 0 Å². The monoisotopic (exact) mass is 287 g/mol. The molecule has 1 unspecified atom stereocenters. The zero-order chi connectivity index (χ0) is 15.5. The fraction of sp³-hybridized carbons (Fsp3) is 0.700. The summed E-state index contributed by atoms with van der Waals surface area (Å²) >= 11 is 0. The summed E-state index contributed by atoms with van der Waals surface area (Å²) in [6.07, 6.45) is 6.32. The predicted molar refractivity (Wildman–Crippen MR) is 92.6 cm³/mol. The molecule has 1 aliphatic heterocycles. The van der Waals surface area contributed by atoms with Gasteiger partial charge in [-0.2, -0.15) is 0 Å². The van der Waals surface area contributed by atoms with Crippen molar-refractivity contribution >= 4 is 0 Å². The van der Waals surface area contributed by atoms with Crippen LogP contribution in [0.15, 0.2) is 24.3 Å². The van der Waals surface area contributed by atoms with Crippen molar-refractivity contribution < 1.29 is 0 Å². The predicted octanol–water partition coefficient (Wildman–Crippen LogP) is 5.43. The van der Waals surface area contributed by atoms with E-state index >= 15 is 0 Å². The van der Waals surface area contributed by atoms with Crippen LogP contribution in [0.5, 0.6) is 0 Å². The van der Waals surface area contributed by atoms with Crippen LogP contribution in [0, 0.1) is 5.41 Å². The fourth-order valence-electron chi connectivity index (χ4n) is 3.84. The Balaban J connectivity index is 2.18. The Morgan fingerprint density at radius 3 is 2.14 bits per heavy atom. The first-order valence-corrected chi connectivity index (χ1v) is 8.78. The molecule has 0 fully saturated rings. The van der Waals surface area contributed by atoms with Gasteiger partial charge in [-0.1, -0.05) is 64.8 Å². The van der Waals surface area contributed by atoms with Gasteiger partial charge in [0.1, 0.15) is 0 Å². The third kappa shape index (κ3) is 3.51. The van der Waals surface area contributed by atoms with Crippen LogP contribution in [-0.2, 0) is 13.0 Å². The average Bonchev–Trinajstić information content (AvgIpc) is 2.54. The molecule has 0 saturated carbocycles. The molecule has 0 bridgehead atoms. The highest BCUT2D eigenvalue weighted by Crippen LogP contribution is 2.40. The van der Waals surface area contributed by atoms with Gasteiger partial charge in [0, 0.05) is 18.6 Å². The molecule has 1 aromatic rings. The summed E-state index contributed by atoms with van der Waals surface area (Å²) in [6, 6.07) is 8.99. The Kier molecular flexibility index (Phi) is 5.14. The maximum atomic E-state index is 2.75. The smallest absolute Gasteiger partial charge is 0.0242 e. The van der Waals surface area contributed by atoms with Gasteiger partial charge in [0.25, 0.3) is 0 Å². The van der Waals surface area contributed by atoms with Crippen molar-refractivity contribution in [3.8, 4) is 0 Å². The van der Waals surface area contributed by atoms with E-state index in [1.165, 1.54) is 44.2 Å². The van der Waals surface area contributed by atoms with E-state index in [2.05, 4.69) is 63.8 Å². The Bertz CT molecular complexity index is 461. The highest BCUT2D eigenvalue weighted by molar-refractivity contribution is 5.29. The van der Waals surface area contributed by atoms with Crippen LogP contribution in [0.2, 0.25) is 0 Å². The summed E-state index contributed by atoms with van der Waals surface area (Å²) in [5.74, 6) is 0. The molecule has 1 heterocycles. The highest BCUT2D eigenvalue weighted by Gasteiger charge is 2.37. The highest BCUT2D eigenvalue weighted by atomic mass is 15.2. The number of nitrogens with zero attached hydrogens (tertiary/aromatic N) is 1. The van der Waals surface area contributed by atoms with E-state index in [4.69, 9.17) is 0 Å². The van der Waals surface area contributed by atoms with Crippen LogP contribution < -0.4 is 0 Å². The number of fused-ring (bicyclic) bond motifs is 1. The van der Waals surface area contributed by atoms with Gasteiger partial charge in [0.05, 0.1) is 0 Å². The lowest BCUT2D eigenvalue weighted by molar-refractivity contribution is 0.0338. The number of hydrogen-bond acceptors (Lipinski definition) is 1. The van der Waals surface area contributed by atoms with Crippen LogP contribution in [0.3, 0.4) is 0 Å². The van der Waals surface area contributed by atoms with Crippen molar-refractivity contribution in [3.63, 3.8) is 0 Å². The molecule has 0 radical (unpaired) electrons. The summed E-state index contributed by atoms with van der Waals surface area (Å²) in [6.45, 7) is 14.4. The first-order valence-electron chi connectivity index (χ1n) is 8.78. The minimum absolute atomic E-state index is 0.328. The molecule has 1 aromatic carbocycles. The van der Waals surface area contributed by atoms with Gasteiger partial charge in [-0.3, -0.25) is 4.90 Å². The Labute approximate surface area is 131 Å². The molecule has 1 heteroatoms. The molecule has 118 valence electrons. The van der Waals surface area contributed by atoms with Crippen LogP contribution in [-0.4, -0.2) is 17.0 Å². The molecule has 0 spiro atoms. The van der Waals surface area contributed by atoms with E-state index in [1.54, 1.807) is 5.56 Å². The molecule has 1 atom stereocenters. The van der Waals surface area contributed by atoms with E-state index in [0.29, 0.717) is 11.0 Å². The van der Waals surface area contributed by atoms with Crippen LogP contribution in [0.4, 0.5) is 0 Å². The molecule has 0 amide bonds. The second kappa shape index (κ2) is 6.52. The summed E-state index contributed by atoms with van der Waals surface area (Å²) in [5.41, 5.74) is 3.90. The Morgan fingerprint density at radius 2 is 1.57 bits per heavy atom. The second-order valence-corrected chi connectivity index (χ2v) is 7.49. The molecular weight excluding hydrogens is 254 g/mol. The Hall–Kier alpha value is -0.820. The SMILES string of the molecule is CCC(C)(CC)CC(C)(CC)N1CCc2ccccc2C1. The van der Waals surface area contributed by atoms with Gasteiger partial charge < -0.3 is 0 Å². The van der Waals surface area contributed by atoms with Gasteiger partial charge in [0.2, 0.25) is 0 Å². The normalized spacial score (nSPS) is 19.1. The molecule has 0 saturated heterocycles. The molecule has 1 nitrogen and oxygen atoms in total. The lowest BCUT2D eigenvalue weighted by atomic mass is 9.72. The summed E-state index contributed by atoms with van der Waals surface area (Å²) < 4.78 is 0. The van der Waals surface area contributed by atoms with E-state index in [-0.39, 0.29) is 0 Å². The largest absolute Gasteiger partial charge is 0.293 e. The zero-order valence-electron chi connectivity index (χ0n) is 14.7. The lowest BCUT2D eigenvalue weighted by Gasteiger charge is -2.48. The molecule has 21 heavy (non-hydrogen) atoms. The third-order valence-electron chi connectivity index (χ3n) is 6.17. The summed E-state index contributed by atoms with van der Waals surface area (Å²) in [4.78, 5) is 2.75. The average molecular weight is 287 g/mol. The Morgan fingerprint density at radius 1 is 0.952 bits per heavy atom. The van der Waals surface area contributed by atoms with Crippen molar-refractivity contribution in [2.45, 2.75) is 78.8 Å². The van der Waals surface area contributed by atoms with Crippen LogP contribution in [0.1, 0.15) is 71.4 Å². The number of rotatable bonds is 6. The molecule has 0 N–H and O–H groups in total. The first-order chi connectivity index (χ1) is 9.96. The van der Waals surface area contributed by atoms with Crippen molar-refractivity contribution in [2.24, 2.45) is 5.41 Å². The molecule has 1 aliphatic rings. The maximum absolute atomic E-state index is 2.75. The van der Waals surface area contributed by atoms with E-state index in [1.807, 2.05) is 0 Å². The standard InChI is InChI=1S/C20H33N/c1-6-19(4,7-2)16-20(5,8-3)21-14-13-17-11-9-10-12-18(17)15-21/h9-12H,6-8,13-16H2,1-5H3. The minimum atomic E-state index is 0.328. The first kappa shape index (κ1) is 16.5. The molecular formula is C20H33N. The zero-order valence-corrected chi connectivity index (χ0v) is 14.7. The van der Waals surface area contributed by atoms with Crippen molar-refractivity contribution in [3.05, 3.63) is 35.4 Å². The summed E-state index contributed by atoms with van der Waals surface area (Å²) in [7, 11) is 0. The molecule has 2 rings (SSSR count). The van der Waals surface area contributed by atoms with Crippen molar-refractivity contribution in [1.29, 1.82) is 0 Å². The van der Waals surface area contributed by atoms with Gasteiger partial charge >= 0.3 is 0 Å². The summed E-state index contributed by atoms with van der Waals surface area (Å²) in [5, 5.41) is 0. The topological polar surface area (TPSA) is 3.24 Å². The molecule has 0 aromatic heterocycles. The minimum Gasteiger partial charge on any atom is -0.293 e. The second-order valence-electron chi connectivity index (χ2n) is 7.49. The number of benzene rings is 1. The van der Waals surface area contributed by atoms with Crippen molar-refractivity contribution in [1.82, 2.24) is 4.90 Å².